The van der Waals surface area contributed by atoms with Gasteiger partial charge in [0, 0.05) is 19.7 Å². The monoisotopic (exact) mass is 365 g/mol. The van der Waals surface area contributed by atoms with Crippen molar-refractivity contribution >= 4 is 0 Å². The minimum absolute atomic E-state index is 0.148. The molecule has 2 heterocycles. The molecule has 2 aromatic carbocycles. The second kappa shape index (κ2) is 8.55. The highest BCUT2D eigenvalue weighted by atomic mass is 16.5. The first kappa shape index (κ1) is 18.7. The van der Waals surface area contributed by atoms with Crippen LogP contribution >= 0.6 is 0 Å². The first-order valence-corrected chi connectivity index (χ1v) is 10.4. The second-order valence-electron chi connectivity index (χ2n) is 8.04. The maximum Gasteiger partial charge on any atom is 0.0962 e. The molecule has 0 radical (unpaired) electrons. The fourth-order valence-electron chi connectivity index (χ4n) is 4.79. The van der Waals surface area contributed by atoms with Crippen molar-refractivity contribution in [3.8, 4) is 0 Å². The molecule has 1 saturated heterocycles. The third-order valence-corrected chi connectivity index (χ3v) is 6.25. The molecule has 0 aromatic heterocycles. The normalized spacial score (nSPS) is 21.9. The molecule has 27 heavy (non-hydrogen) atoms. The molecule has 2 aliphatic heterocycles. The van der Waals surface area contributed by atoms with Crippen molar-refractivity contribution in [3.63, 3.8) is 0 Å². The smallest absolute Gasteiger partial charge is 0.0962 e. The van der Waals surface area contributed by atoms with Crippen LogP contribution in [0.15, 0.2) is 54.6 Å². The second-order valence-corrected chi connectivity index (χ2v) is 8.04. The predicted molar refractivity (Wildman–Crippen MR) is 109 cm³/mol. The van der Waals surface area contributed by atoms with E-state index in [1.165, 1.54) is 23.1 Å². The van der Waals surface area contributed by atoms with E-state index in [0.29, 0.717) is 0 Å². The van der Waals surface area contributed by atoms with Gasteiger partial charge in [-0.3, -0.25) is 0 Å². The van der Waals surface area contributed by atoms with Crippen LogP contribution < -0.4 is 0 Å². The number of hydrogen-bond acceptors (Lipinski definition) is 3. The Morgan fingerprint density at radius 1 is 1.00 bits per heavy atom. The van der Waals surface area contributed by atoms with Crippen LogP contribution in [-0.2, 0) is 23.2 Å². The van der Waals surface area contributed by atoms with Crippen molar-refractivity contribution in [1.82, 2.24) is 4.90 Å². The maximum atomic E-state index is 9.40. The highest BCUT2D eigenvalue weighted by Gasteiger charge is 2.43. The van der Waals surface area contributed by atoms with Crippen LogP contribution in [0.25, 0.3) is 0 Å². The summed E-state index contributed by atoms with van der Waals surface area (Å²) in [5.74, 6) is 0. The van der Waals surface area contributed by atoms with Crippen molar-refractivity contribution < 1.29 is 9.84 Å². The van der Waals surface area contributed by atoms with Crippen LogP contribution in [0.2, 0.25) is 0 Å². The molecule has 144 valence electrons. The van der Waals surface area contributed by atoms with Crippen LogP contribution in [0.5, 0.6) is 0 Å². The summed E-state index contributed by atoms with van der Waals surface area (Å²) in [6, 6.07) is 19.6. The number of ether oxygens (including phenoxy) is 1. The molecule has 0 unspecified atom stereocenters. The third kappa shape index (κ3) is 4.26. The first-order chi connectivity index (χ1) is 13.3. The molecule has 0 saturated carbocycles. The molecular weight excluding hydrogens is 334 g/mol. The van der Waals surface area contributed by atoms with Gasteiger partial charge in [-0.25, -0.2) is 0 Å². The molecule has 4 rings (SSSR count). The fourth-order valence-corrected chi connectivity index (χ4v) is 4.79. The Kier molecular flexibility index (Phi) is 5.92. The van der Waals surface area contributed by atoms with Gasteiger partial charge in [0.1, 0.15) is 0 Å². The van der Waals surface area contributed by atoms with E-state index in [1.807, 2.05) is 0 Å². The summed E-state index contributed by atoms with van der Waals surface area (Å²) in [6.07, 6.45) is 6.28. The molecule has 1 N–H and O–H groups in total. The summed E-state index contributed by atoms with van der Waals surface area (Å²) in [4.78, 5) is 2.59. The van der Waals surface area contributed by atoms with Gasteiger partial charge in [-0.05, 0) is 61.8 Å². The number of hydrogen-bond donors (Lipinski definition) is 1. The number of aliphatic hydroxyl groups excluding tert-OH is 1. The molecule has 1 spiro atoms. The lowest BCUT2D eigenvalue weighted by molar-refractivity contribution is -0.143. The largest absolute Gasteiger partial charge is 0.396 e. The van der Waals surface area contributed by atoms with E-state index in [1.54, 1.807) is 0 Å². The first-order valence-electron chi connectivity index (χ1n) is 10.4. The molecular formula is C24H31NO2. The van der Waals surface area contributed by atoms with Crippen LogP contribution in [0.4, 0.5) is 0 Å². The third-order valence-electron chi connectivity index (χ3n) is 6.25. The Morgan fingerprint density at radius 2 is 1.74 bits per heavy atom. The fraction of sp³-hybridized carbons (Fsp3) is 0.500. The Hall–Kier alpha value is -1.68. The quantitative estimate of drug-likeness (QED) is 0.842. The van der Waals surface area contributed by atoms with Crippen molar-refractivity contribution in [3.05, 3.63) is 71.3 Å². The van der Waals surface area contributed by atoms with Gasteiger partial charge in [0.25, 0.3) is 0 Å². The molecule has 0 bridgehead atoms. The average molecular weight is 366 g/mol. The number of likely N-dealkylation sites (tertiary alicyclic amines) is 1. The van der Waals surface area contributed by atoms with Gasteiger partial charge < -0.3 is 14.7 Å². The predicted octanol–water partition coefficient (Wildman–Crippen LogP) is 3.93. The topological polar surface area (TPSA) is 32.7 Å². The number of nitrogens with zero attached hydrogens (tertiary/aromatic N) is 1. The van der Waals surface area contributed by atoms with Crippen molar-refractivity contribution in [2.75, 3.05) is 26.2 Å². The van der Waals surface area contributed by atoms with Crippen molar-refractivity contribution in [2.24, 2.45) is 0 Å². The summed E-state index contributed by atoms with van der Waals surface area (Å²) in [5, 5.41) is 9.40. The molecule has 0 amide bonds. The lowest BCUT2D eigenvalue weighted by Crippen LogP contribution is -2.49. The number of aryl methyl sites for hydroxylation is 1. The Morgan fingerprint density at radius 3 is 2.52 bits per heavy atom. The SMILES string of the molecule is OCC[C@@H]1Cc2ccccc2C2(CCN(CCCc3ccccc3)CC2)O1. The molecule has 3 nitrogen and oxygen atoms in total. The van der Waals surface area contributed by atoms with E-state index in [0.717, 1.165) is 51.7 Å². The van der Waals surface area contributed by atoms with Crippen LogP contribution in [0, 0.1) is 0 Å². The van der Waals surface area contributed by atoms with Crippen LogP contribution in [0.1, 0.15) is 42.4 Å². The van der Waals surface area contributed by atoms with Crippen LogP contribution in [-0.4, -0.2) is 42.4 Å². The molecule has 2 aliphatic rings. The number of fused-ring (bicyclic) bond motifs is 2. The number of benzene rings is 2. The summed E-state index contributed by atoms with van der Waals surface area (Å²) in [5.41, 5.74) is 4.09. The maximum absolute atomic E-state index is 9.40. The molecule has 1 fully saturated rings. The molecule has 0 aliphatic carbocycles. The van der Waals surface area contributed by atoms with Gasteiger partial charge in [-0.2, -0.15) is 0 Å². The average Bonchev–Trinajstić information content (AvgIpc) is 2.71. The van der Waals surface area contributed by atoms with E-state index in [-0.39, 0.29) is 18.3 Å². The molecule has 2 aromatic rings. The zero-order valence-corrected chi connectivity index (χ0v) is 16.1. The van der Waals surface area contributed by atoms with E-state index in [4.69, 9.17) is 4.74 Å². The number of piperidine rings is 1. The summed E-state index contributed by atoms with van der Waals surface area (Å²) >= 11 is 0. The van der Waals surface area contributed by atoms with Crippen molar-refractivity contribution in [2.45, 2.75) is 50.2 Å². The minimum Gasteiger partial charge on any atom is -0.396 e. The van der Waals surface area contributed by atoms with Gasteiger partial charge in [0.15, 0.2) is 0 Å². The Bertz CT molecular complexity index is 722. The van der Waals surface area contributed by atoms with E-state index >= 15 is 0 Å². The number of rotatable bonds is 6. The van der Waals surface area contributed by atoms with E-state index in [9.17, 15) is 5.11 Å². The van der Waals surface area contributed by atoms with Gasteiger partial charge in [0.2, 0.25) is 0 Å². The minimum atomic E-state index is -0.148. The standard InChI is InChI=1S/C24H31NO2/c26-18-12-22-19-21-10-4-5-11-23(21)24(27-22)13-16-25(17-14-24)15-6-9-20-7-2-1-3-8-20/h1-5,7-8,10-11,22,26H,6,9,12-19H2/t22-/m1/s1. The summed E-state index contributed by atoms with van der Waals surface area (Å²) < 4.78 is 6.62. The summed E-state index contributed by atoms with van der Waals surface area (Å²) in [6.45, 7) is 3.55. The van der Waals surface area contributed by atoms with Crippen molar-refractivity contribution in [1.29, 1.82) is 0 Å². The van der Waals surface area contributed by atoms with Gasteiger partial charge in [-0.15, -0.1) is 0 Å². The highest BCUT2D eigenvalue weighted by molar-refractivity contribution is 5.35. The van der Waals surface area contributed by atoms with Gasteiger partial charge in [-0.1, -0.05) is 54.6 Å². The summed E-state index contributed by atoms with van der Waals surface area (Å²) in [7, 11) is 0. The lowest BCUT2D eigenvalue weighted by Gasteiger charge is -2.47. The Labute approximate surface area is 163 Å². The zero-order valence-electron chi connectivity index (χ0n) is 16.1. The highest BCUT2D eigenvalue weighted by Crippen LogP contribution is 2.43. The van der Waals surface area contributed by atoms with Gasteiger partial charge >= 0.3 is 0 Å². The molecule has 3 heteroatoms. The van der Waals surface area contributed by atoms with Gasteiger partial charge in [0.05, 0.1) is 11.7 Å². The van der Waals surface area contributed by atoms with E-state index in [2.05, 4.69) is 59.5 Å². The van der Waals surface area contributed by atoms with E-state index < -0.39 is 0 Å². The molecule has 1 atom stereocenters. The zero-order chi connectivity index (χ0) is 18.5. The Balaban J connectivity index is 1.37. The lowest BCUT2D eigenvalue weighted by atomic mass is 9.78. The number of aliphatic hydroxyl groups is 1. The van der Waals surface area contributed by atoms with Crippen LogP contribution in [0.3, 0.4) is 0 Å².